The monoisotopic (exact) mass is 223 g/mol. The van der Waals surface area contributed by atoms with Gasteiger partial charge in [-0.25, -0.2) is 0 Å². The number of halogens is 1. The smallest absolute Gasteiger partial charge is 0.113 e. The Morgan fingerprint density at radius 1 is 1.75 bits per heavy atom. The first-order valence-corrected chi connectivity index (χ1v) is 3.90. The van der Waals surface area contributed by atoms with E-state index in [0.29, 0.717) is 13.2 Å². The predicted octanol–water partition coefficient (Wildman–Crippen LogP) is 0.962. The van der Waals surface area contributed by atoms with Crippen molar-refractivity contribution in [2.45, 2.75) is 0 Å². The number of ether oxygens (including phenoxy) is 1. The Bertz CT molecular complexity index is 119. The molecule has 0 saturated carbocycles. The van der Waals surface area contributed by atoms with Crippen molar-refractivity contribution in [2.24, 2.45) is 5.41 Å². The molecule has 0 aromatic carbocycles. The molecule has 1 aliphatic rings. The maximum atomic E-state index is 8.50. The molecule has 8 heavy (non-hydrogen) atoms. The van der Waals surface area contributed by atoms with Gasteiger partial charge in [0.25, 0.3) is 0 Å². The second-order valence-corrected chi connectivity index (χ2v) is 2.78. The average molecular weight is 223 g/mol. The zero-order valence-corrected chi connectivity index (χ0v) is 6.51. The SMILES string of the molecule is N#CC1(CI)COC1. The van der Waals surface area contributed by atoms with Crippen LogP contribution in [0.15, 0.2) is 0 Å². The first-order valence-electron chi connectivity index (χ1n) is 2.38. The molecular formula is C5H6INO. The second kappa shape index (κ2) is 2.19. The van der Waals surface area contributed by atoms with Gasteiger partial charge in [0.05, 0.1) is 19.3 Å². The first-order chi connectivity index (χ1) is 3.83. The lowest BCUT2D eigenvalue weighted by Gasteiger charge is -2.32. The predicted molar refractivity (Wildman–Crippen MR) is 37.8 cm³/mol. The van der Waals surface area contributed by atoms with Gasteiger partial charge < -0.3 is 4.74 Å². The summed E-state index contributed by atoms with van der Waals surface area (Å²) in [6, 6.07) is 2.23. The minimum atomic E-state index is -0.124. The van der Waals surface area contributed by atoms with Gasteiger partial charge in [0.2, 0.25) is 0 Å². The Kier molecular flexibility index (Phi) is 1.73. The molecule has 1 heterocycles. The molecule has 44 valence electrons. The summed E-state index contributed by atoms with van der Waals surface area (Å²) in [5, 5.41) is 8.50. The van der Waals surface area contributed by atoms with E-state index in [0.717, 1.165) is 4.43 Å². The molecular weight excluding hydrogens is 217 g/mol. The zero-order chi connectivity index (χ0) is 6.04. The second-order valence-electron chi connectivity index (χ2n) is 2.02. The number of rotatable bonds is 1. The van der Waals surface area contributed by atoms with Crippen LogP contribution in [0.4, 0.5) is 0 Å². The largest absolute Gasteiger partial charge is 0.378 e. The fraction of sp³-hybridized carbons (Fsp3) is 0.800. The van der Waals surface area contributed by atoms with E-state index < -0.39 is 0 Å². The lowest BCUT2D eigenvalue weighted by Crippen LogP contribution is -2.42. The molecule has 1 aliphatic heterocycles. The van der Waals surface area contributed by atoms with E-state index in [1.807, 2.05) is 0 Å². The van der Waals surface area contributed by atoms with Gasteiger partial charge in [0, 0.05) is 4.43 Å². The average Bonchev–Trinajstić information content (AvgIpc) is 1.67. The van der Waals surface area contributed by atoms with Crippen molar-refractivity contribution in [3.05, 3.63) is 0 Å². The van der Waals surface area contributed by atoms with E-state index in [-0.39, 0.29) is 5.41 Å². The molecule has 3 heteroatoms. The summed E-state index contributed by atoms with van der Waals surface area (Å²) < 4.78 is 5.78. The summed E-state index contributed by atoms with van der Waals surface area (Å²) in [6.07, 6.45) is 0. The normalized spacial score (nSPS) is 23.5. The number of nitrogens with zero attached hydrogens (tertiary/aromatic N) is 1. The first kappa shape index (κ1) is 6.30. The van der Waals surface area contributed by atoms with Crippen LogP contribution < -0.4 is 0 Å². The molecule has 0 unspecified atom stereocenters. The third kappa shape index (κ3) is 0.825. The molecule has 0 atom stereocenters. The van der Waals surface area contributed by atoms with Crippen molar-refractivity contribution in [1.82, 2.24) is 0 Å². The van der Waals surface area contributed by atoms with Crippen LogP contribution in [-0.2, 0) is 4.74 Å². The maximum absolute atomic E-state index is 8.50. The number of hydrogen-bond donors (Lipinski definition) is 0. The van der Waals surface area contributed by atoms with Crippen LogP contribution >= 0.6 is 22.6 Å². The van der Waals surface area contributed by atoms with E-state index in [2.05, 4.69) is 28.7 Å². The highest BCUT2D eigenvalue weighted by atomic mass is 127. The highest BCUT2D eigenvalue weighted by Crippen LogP contribution is 2.28. The molecule has 1 saturated heterocycles. The van der Waals surface area contributed by atoms with Gasteiger partial charge in [0.1, 0.15) is 5.41 Å². The topological polar surface area (TPSA) is 33.0 Å². The van der Waals surface area contributed by atoms with Gasteiger partial charge in [-0.1, -0.05) is 22.6 Å². The molecule has 1 rings (SSSR count). The van der Waals surface area contributed by atoms with Crippen LogP contribution in [0, 0.1) is 16.7 Å². The van der Waals surface area contributed by atoms with Crippen molar-refractivity contribution >= 4 is 22.6 Å². The standard InChI is InChI=1S/C5H6INO/c6-1-5(2-7)3-8-4-5/h1,3-4H2. The van der Waals surface area contributed by atoms with Crippen molar-refractivity contribution in [2.75, 3.05) is 17.6 Å². The molecule has 0 amide bonds. The minimum Gasteiger partial charge on any atom is -0.378 e. The molecule has 0 bridgehead atoms. The molecule has 0 radical (unpaired) electrons. The zero-order valence-electron chi connectivity index (χ0n) is 4.35. The summed E-state index contributed by atoms with van der Waals surface area (Å²) in [5.41, 5.74) is -0.124. The van der Waals surface area contributed by atoms with E-state index in [1.54, 1.807) is 0 Å². The number of alkyl halides is 1. The summed E-state index contributed by atoms with van der Waals surface area (Å²) in [5.74, 6) is 0. The minimum absolute atomic E-state index is 0.124. The molecule has 0 aromatic rings. The molecule has 1 fully saturated rings. The Balaban J connectivity index is 2.49. The summed E-state index contributed by atoms with van der Waals surface area (Å²) in [7, 11) is 0. The van der Waals surface area contributed by atoms with Crippen molar-refractivity contribution < 1.29 is 4.74 Å². The fourth-order valence-corrected chi connectivity index (χ4v) is 1.13. The van der Waals surface area contributed by atoms with E-state index >= 15 is 0 Å². The third-order valence-electron chi connectivity index (χ3n) is 1.25. The van der Waals surface area contributed by atoms with E-state index in [1.165, 1.54) is 0 Å². The molecule has 0 aliphatic carbocycles. The van der Waals surface area contributed by atoms with E-state index in [9.17, 15) is 0 Å². The highest BCUT2D eigenvalue weighted by molar-refractivity contribution is 14.1. The van der Waals surface area contributed by atoms with Gasteiger partial charge in [-0.2, -0.15) is 5.26 Å². The van der Waals surface area contributed by atoms with Crippen LogP contribution in [0.5, 0.6) is 0 Å². The molecule has 0 aromatic heterocycles. The lowest BCUT2D eigenvalue weighted by atomic mass is 9.91. The van der Waals surface area contributed by atoms with Crippen LogP contribution in [0.2, 0.25) is 0 Å². The van der Waals surface area contributed by atoms with E-state index in [4.69, 9.17) is 10.00 Å². The Morgan fingerprint density at radius 2 is 2.38 bits per heavy atom. The lowest BCUT2D eigenvalue weighted by molar-refractivity contribution is -0.0614. The van der Waals surface area contributed by atoms with Crippen LogP contribution in [-0.4, -0.2) is 17.6 Å². The van der Waals surface area contributed by atoms with Crippen molar-refractivity contribution in [3.63, 3.8) is 0 Å². The number of hydrogen-bond acceptors (Lipinski definition) is 2. The molecule has 0 spiro atoms. The van der Waals surface area contributed by atoms with Crippen LogP contribution in [0.1, 0.15) is 0 Å². The quantitative estimate of drug-likeness (QED) is 0.490. The van der Waals surface area contributed by atoms with Crippen molar-refractivity contribution in [1.29, 1.82) is 5.26 Å². The van der Waals surface area contributed by atoms with Gasteiger partial charge >= 0.3 is 0 Å². The Hall–Kier alpha value is 0.180. The maximum Gasteiger partial charge on any atom is 0.113 e. The summed E-state index contributed by atoms with van der Waals surface area (Å²) in [4.78, 5) is 0. The Labute approximate surface area is 62.0 Å². The van der Waals surface area contributed by atoms with Crippen molar-refractivity contribution in [3.8, 4) is 6.07 Å². The van der Waals surface area contributed by atoms with Crippen LogP contribution in [0.3, 0.4) is 0 Å². The summed E-state index contributed by atoms with van der Waals surface area (Å²) in [6.45, 7) is 1.26. The fourth-order valence-electron chi connectivity index (χ4n) is 0.520. The van der Waals surface area contributed by atoms with Gasteiger partial charge in [-0.3, -0.25) is 0 Å². The molecule has 0 N–H and O–H groups in total. The van der Waals surface area contributed by atoms with Gasteiger partial charge in [0.15, 0.2) is 0 Å². The Morgan fingerprint density at radius 3 is 2.38 bits per heavy atom. The molecule has 2 nitrogen and oxygen atoms in total. The van der Waals surface area contributed by atoms with Gasteiger partial charge in [-0.05, 0) is 0 Å². The summed E-state index contributed by atoms with van der Waals surface area (Å²) >= 11 is 2.22. The third-order valence-corrected chi connectivity index (χ3v) is 2.71. The van der Waals surface area contributed by atoms with Crippen LogP contribution in [0.25, 0.3) is 0 Å². The number of nitriles is 1. The highest BCUT2D eigenvalue weighted by Gasteiger charge is 2.37. The van der Waals surface area contributed by atoms with Gasteiger partial charge in [-0.15, -0.1) is 0 Å².